The summed E-state index contributed by atoms with van der Waals surface area (Å²) < 4.78 is 10.7. The van der Waals surface area contributed by atoms with E-state index in [4.69, 9.17) is 9.47 Å². The average Bonchev–Trinajstić information content (AvgIpc) is 2.74. The molecule has 0 bridgehead atoms. The van der Waals surface area contributed by atoms with Crippen molar-refractivity contribution in [2.24, 2.45) is 0 Å². The summed E-state index contributed by atoms with van der Waals surface area (Å²) in [6.07, 6.45) is -0.501. The molecule has 0 aromatic heterocycles. The van der Waals surface area contributed by atoms with Crippen molar-refractivity contribution in [1.82, 2.24) is 0 Å². The average molecular weight is 376 g/mol. The van der Waals surface area contributed by atoms with E-state index in [-0.39, 0.29) is 12.5 Å². The normalized spacial score (nSPS) is 10.0. The van der Waals surface area contributed by atoms with Crippen LogP contribution in [-0.4, -0.2) is 25.7 Å². The molecule has 6 nitrogen and oxygen atoms in total. The van der Waals surface area contributed by atoms with Crippen LogP contribution < -0.4 is 19.7 Å². The minimum absolute atomic E-state index is 0.0946. The zero-order valence-corrected chi connectivity index (χ0v) is 15.4. The van der Waals surface area contributed by atoms with Gasteiger partial charge in [-0.2, -0.15) is 0 Å². The smallest absolute Gasteiger partial charge is 0.419 e. The number of hydrogen-bond donors (Lipinski definition) is 1. The van der Waals surface area contributed by atoms with Crippen molar-refractivity contribution in [3.63, 3.8) is 0 Å². The van der Waals surface area contributed by atoms with Gasteiger partial charge in [-0.25, -0.2) is 4.79 Å². The third-order valence-corrected chi connectivity index (χ3v) is 3.87. The number of hydrogen-bond acceptors (Lipinski definition) is 4. The highest BCUT2D eigenvalue weighted by atomic mass is 16.6. The molecule has 0 heterocycles. The summed E-state index contributed by atoms with van der Waals surface area (Å²) in [6.45, 7) is -0.0946. The van der Waals surface area contributed by atoms with Crippen LogP contribution in [0.25, 0.3) is 0 Å². The minimum atomic E-state index is -0.501. The van der Waals surface area contributed by atoms with E-state index < -0.39 is 6.09 Å². The maximum atomic E-state index is 12.2. The molecule has 3 aromatic rings. The first-order valence-electron chi connectivity index (χ1n) is 8.70. The molecule has 1 N–H and O–H groups in total. The van der Waals surface area contributed by atoms with Gasteiger partial charge in [0.15, 0.2) is 6.61 Å². The fourth-order valence-electron chi connectivity index (χ4n) is 2.40. The van der Waals surface area contributed by atoms with Gasteiger partial charge in [0.2, 0.25) is 0 Å². The lowest BCUT2D eigenvalue weighted by Crippen LogP contribution is -2.29. The van der Waals surface area contributed by atoms with Gasteiger partial charge in [0.25, 0.3) is 5.91 Å². The molecular formula is C22H20N2O4. The van der Waals surface area contributed by atoms with E-state index in [1.165, 1.54) is 4.90 Å². The molecule has 0 fully saturated rings. The van der Waals surface area contributed by atoms with Gasteiger partial charge in [-0.1, -0.05) is 36.4 Å². The second-order valence-electron chi connectivity index (χ2n) is 5.94. The van der Waals surface area contributed by atoms with Gasteiger partial charge in [-0.15, -0.1) is 0 Å². The first kappa shape index (κ1) is 19.0. The maximum Gasteiger partial charge on any atom is 0.419 e. The molecule has 0 aliphatic heterocycles. The predicted molar refractivity (Wildman–Crippen MR) is 108 cm³/mol. The lowest BCUT2D eigenvalue weighted by molar-refractivity contribution is -0.118. The second-order valence-corrected chi connectivity index (χ2v) is 5.94. The Morgan fingerprint density at radius 1 is 0.821 bits per heavy atom. The number of amides is 2. The van der Waals surface area contributed by atoms with Crippen molar-refractivity contribution in [2.75, 3.05) is 23.9 Å². The van der Waals surface area contributed by atoms with Crippen LogP contribution in [0.1, 0.15) is 0 Å². The lowest BCUT2D eigenvalue weighted by Gasteiger charge is -2.16. The molecular weight excluding hydrogens is 356 g/mol. The molecule has 0 saturated carbocycles. The van der Waals surface area contributed by atoms with Gasteiger partial charge in [0.1, 0.15) is 11.5 Å². The van der Waals surface area contributed by atoms with Crippen LogP contribution >= 0.6 is 0 Å². The number of carbonyl (C=O) groups excluding carboxylic acids is 2. The topological polar surface area (TPSA) is 67.9 Å². The first-order chi connectivity index (χ1) is 13.6. The van der Waals surface area contributed by atoms with Gasteiger partial charge in [0, 0.05) is 18.4 Å². The van der Waals surface area contributed by atoms with E-state index in [1.807, 2.05) is 48.5 Å². The molecule has 3 aromatic carbocycles. The van der Waals surface area contributed by atoms with E-state index in [9.17, 15) is 9.59 Å². The zero-order chi connectivity index (χ0) is 19.8. The second kappa shape index (κ2) is 9.23. The Hall–Kier alpha value is -3.80. The molecule has 0 spiro atoms. The van der Waals surface area contributed by atoms with Crippen LogP contribution in [0.4, 0.5) is 16.2 Å². The van der Waals surface area contributed by atoms with Crippen LogP contribution in [0.3, 0.4) is 0 Å². The molecule has 28 heavy (non-hydrogen) atoms. The summed E-state index contributed by atoms with van der Waals surface area (Å²) in [5.74, 6) is 0.728. The monoisotopic (exact) mass is 376 g/mol. The minimum Gasteiger partial charge on any atom is -0.484 e. The molecule has 2 amide bonds. The molecule has 0 aliphatic carbocycles. The molecule has 3 rings (SSSR count). The highest BCUT2D eigenvalue weighted by molar-refractivity contribution is 5.92. The van der Waals surface area contributed by atoms with Crippen molar-refractivity contribution < 1.29 is 19.1 Å². The number of benzene rings is 3. The molecule has 0 radical (unpaired) electrons. The number of nitrogens with one attached hydrogen (secondary N) is 1. The van der Waals surface area contributed by atoms with Gasteiger partial charge in [-0.05, 0) is 48.5 Å². The number of anilines is 2. The molecule has 0 saturated heterocycles. The molecule has 0 unspecified atom stereocenters. The van der Waals surface area contributed by atoms with Crippen molar-refractivity contribution in [1.29, 1.82) is 0 Å². The number of carbonyl (C=O) groups is 2. The summed E-state index contributed by atoms with van der Waals surface area (Å²) in [4.78, 5) is 25.6. The van der Waals surface area contributed by atoms with E-state index in [2.05, 4.69) is 5.32 Å². The van der Waals surface area contributed by atoms with E-state index >= 15 is 0 Å². The molecule has 0 atom stereocenters. The number of ether oxygens (including phenoxy) is 2. The summed E-state index contributed by atoms with van der Waals surface area (Å²) in [5.41, 5.74) is 1.31. The van der Waals surface area contributed by atoms with E-state index in [0.717, 1.165) is 5.69 Å². The van der Waals surface area contributed by atoms with E-state index in [1.54, 1.807) is 43.4 Å². The summed E-state index contributed by atoms with van der Waals surface area (Å²) in [5, 5.41) is 2.73. The van der Waals surface area contributed by atoms with Gasteiger partial charge in [-0.3, -0.25) is 9.69 Å². The Morgan fingerprint density at radius 3 is 2.07 bits per heavy atom. The van der Waals surface area contributed by atoms with Crippen molar-refractivity contribution >= 4 is 23.4 Å². The summed E-state index contributed by atoms with van der Waals surface area (Å²) in [7, 11) is 1.64. The summed E-state index contributed by atoms with van der Waals surface area (Å²) in [6, 6.07) is 24.9. The highest BCUT2D eigenvalue weighted by Gasteiger charge is 2.13. The largest absolute Gasteiger partial charge is 0.484 e. The summed E-state index contributed by atoms with van der Waals surface area (Å²) >= 11 is 0. The van der Waals surface area contributed by atoms with Crippen molar-refractivity contribution in [3.05, 3.63) is 84.9 Å². The lowest BCUT2D eigenvalue weighted by atomic mass is 10.3. The van der Waals surface area contributed by atoms with Gasteiger partial charge in [0.05, 0.1) is 0 Å². The van der Waals surface area contributed by atoms with Crippen LogP contribution in [0, 0.1) is 0 Å². The Morgan fingerprint density at radius 2 is 1.43 bits per heavy atom. The molecule has 6 heteroatoms. The third-order valence-electron chi connectivity index (χ3n) is 3.87. The van der Waals surface area contributed by atoms with Crippen LogP contribution in [0.5, 0.6) is 11.5 Å². The van der Waals surface area contributed by atoms with Crippen molar-refractivity contribution in [2.45, 2.75) is 0 Å². The van der Waals surface area contributed by atoms with Gasteiger partial charge < -0.3 is 14.8 Å². The van der Waals surface area contributed by atoms with Crippen LogP contribution in [-0.2, 0) is 4.79 Å². The SMILES string of the molecule is CN(C(=O)Oc1ccc(NC(=O)COc2ccccc2)cc1)c1ccccc1. The van der Waals surface area contributed by atoms with E-state index in [0.29, 0.717) is 17.2 Å². The first-order valence-corrected chi connectivity index (χ1v) is 8.70. The Bertz CT molecular complexity index is 912. The Kier molecular flexibility index (Phi) is 6.25. The highest BCUT2D eigenvalue weighted by Crippen LogP contribution is 2.18. The molecule has 0 aliphatic rings. The predicted octanol–water partition coefficient (Wildman–Crippen LogP) is 4.34. The van der Waals surface area contributed by atoms with Crippen LogP contribution in [0.2, 0.25) is 0 Å². The number of rotatable bonds is 6. The Balaban J connectivity index is 1.50. The van der Waals surface area contributed by atoms with Crippen LogP contribution in [0.15, 0.2) is 84.9 Å². The fourth-order valence-corrected chi connectivity index (χ4v) is 2.40. The zero-order valence-electron chi connectivity index (χ0n) is 15.4. The number of nitrogens with zero attached hydrogens (tertiary/aromatic N) is 1. The quantitative estimate of drug-likeness (QED) is 0.695. The standard InChI is InChI=1S/C22H20N2O4/c1-24(18-8-4-2-5-9-18)22(26)28-20-14-12-17(13-15-20)23-21(25)16-27-19-10-6-3-7-11-19/h2-15H,16H2,1H3,(H,23,25). The number of para-hydroxylation sites is 2. The Labute approximate surface area is 163 Å². The molecule has 142 valence electrons. The van der Waals surface area contributed by atoms with Gasteiger partial charge >= 0.3 is 6.09 Å². The maximum absolute atomic E-state index is 12.2. The van der Waals surface area contributed by atoms with Crippen molar-refractivity contribution in [3.8, 4) is 11.5 Å². The fraction of sp³-hybridized carbons (Fsp3) is 0.0909. The third kappa shape index (κ3) is 5.35.